The molecule has 1 amide bonds. The molecular formula is C24H28N4O2. The predicted octanol–water partition coefficient (Wildman–Crippen LogP) is 4.98. The number of rotatable bonds is 5. The Morgan fingerprint density at radius 2 is 2.03 bits per heavy atom. The number of aromatic nitrogens is 2. The summed E-state index contributed by atoms with van der Waals surface area (Å²) in [6, 6.07) is 11.1. The van der Waals surface area contributed by atoms with E-state index in [-0.39, 0.29) is 11.7 Å². The number of nitrogens with zero attached hydrogens (tertiary/aromatic N) is 4. The van der Waals surface area contributed by atoms with Crippen molar-refractivity contribution in [1.29, 1.82) is 0 Å². The summed E-state index contributed by atoms with van der Waals surface area (Å²) in [4.78, 5) is 24.0. The van der Waals surface area contributed by atoms with Crippen molar-refractivity contribution in [3.63, 3.8) is 0 Å². The van der Waals surface area contributed by atoms with Crippen LogP contribution in [-0.4, -0.2) is 43.6 Å². The smallest absolute Gasteiger partial charge is 0.254 e. The summed E-state index contributed by atoms with van der Waals surface area (Å²) in [7, 11) is 0. The summed E-state index contributed by atoms with van der Waals surface area (Å²) < 4.78 is 1.96. The van der Waals surface area contributed by atoms with Crippen LogP contribution in [0.4, 0.5) is 5.69 Å². The molecular weight excluding hydrogens is 376 g/mol. The van der Waals surface area contributed by atoms with Gasteiger partial charge in [-0.3, -0.25) is 9.20 Å². The molecule has 0 aliphatic heterocycles. The first-order chi connectivity index (χ1) is 14.6. The molecule has 3 aromatic rings. The number of carbonyl (C=O) groups excluding carboxylic acids is 1. The van der Waals surface area contributed by atoms with Crippen LogP contribution in [0.15, 0.2) is 53.8 Å². The van der Waals surface area contributed by atoms with Crippen LogP contribution in [0, 0.1) is 0 Å². The van der Waals surface area contributed by atoms with E-state index in [4.69, 9.17) is 0 Å². The third kappa shape index (κ3) is 3.95. The van der Waals surface area contributed by atoms with Gasteiger partial charge in [0.2, 0.25) is 0 Å². The van der Waals surface area contributed by atoms with Gasteiger partial charge in [0.05, 0.1) is 17.6 Å². The third-order valence-corrected chi connectivity index (χ3v) is 5.92. The van der Waals surface area contributed by atoms with Crippen LogP contribution in [-0.2, 0) is 0 Å². The van der Waals surface area contributed by atoms with Gasteiger partial charge >= 0.3 is 0 Å². The van der Waals surface area contributed by atoms with Crippen LogP contribution in [0.25, 0.3) is 5.65 Å². The summed E-state index contributed by atoms with van der Waals surface area (Å²) in [5.74, 6) is -0.0116. The minimum Gasteiger partial charge on any atom is -0.506 e. The van der Waals surface area contributed by atoms with Gasteiger partial charge in [-0.1, -0.05) is 25.3 Å². The van der Waals surface area contributed by atoms with Crippen LogP contribution in [0.2, 0.25) is 0 Å². The number of aromatic hydroxyl groups is 1. The number of benzene rings is 1. The Labute approximate surface area is 176 Å². The fourth-order valence-electron chi connectivity index (χ4n) is 4.32. The Hall–Kier alpha value is -3.15. The quantitative estimate of drug-likeness (QED) is 0.610. The van der Waals surface area contributed by atoms with Crippen molar-refractivity contribution in [3.05, 3.63) is 60.0 Å². The van der Waals surface area contributed by atoms with E-state index in [9.17, 15) is 9.90 Å². The third-order valence-electron chi connectivity index (χ3n) is 5.92. The number of pyridine rings is 1. The topological polar surface area (TPSA) is 70.2 Å². The average Bonchev–Trinajstić information content (AvgIpc) is 3.20. The van der Waals surface area contributed by atoms with E-state index >= 15 is 0 Å². The SMILES string of the molecule is CCN(C(=O)c1ccc(/N=C(\C)c2cnc3ccccn23)c(O)c1)C1CCCCC1. The monoisotopic (exact) mass is 404 g/mol. The van der Waals surface area contributed by atoms with Crippen molar-refractivity contribution in [2.75, 3.05) is 6.54 Å². The molecule has 1 fully saturated rings. The lowest BCUT2D eigenvalue weighted by molar-refractivity contribution is 0.0647. The first kappa shape index (κ1) is 20.1. The second kappa shape index (κ2) is 8.69. The van der Waals surface area contributed by atoms with Crippen molar-refractivity contribution in [3.8, 4) is 5.75 Å². The van der Waals surface area contributed by atoms with Crippen LogP contribution in [0.5, 0.6) is 5.75 Å². The van der Waals surface area contributed by atoms with Crippen LogP contribution in [0.1, 0.15) is 62.0 Å². The molecule has 0 spiro atoms. The first-order valence-electron chi connectivity index (χ1n) is 10.7. The number of hydrogen-bond acceptors (Lipinski definition) is 4. The second-order valence-corrected chi connectivity index (χ2v) is 7.86. The molecule has 6 nitrogen and oxygen atoms in total. The van der Waals surface area contributed by atoms with Gasteiger partial charge in [-0.15, -0.1) is 0 Å². The molecule has 4 rings (SSSR count). The van der Waals surface area contributed by atoms with Gasteiger partial charge < -0.3 is 10.0 Å². The highest BCUT2D eigenvalue weighted by atomic mass is 16.3. The largest absolute Gasteiger partial charge is 0.506 e. The number of phenolic OH excluding ortho intramolecular Hbond substituents is 1. The van der Waals surface area contributed by atoms with Crippen molar-refractivity contribution < 1.29 is 9.90 Å². The number of hydrogen-bond donors (Lipinski definition) is 1. The van der Waals surface area contributed by atoms with Crippen molar-refractivity contribution in [2.45, 2.75) is 52.0 Å². The summed E-state index contributed by atoms with van der Waals surface area (Å²) in [6.07, 6.45) is 9.43. The normalized spacial score (nSPS) is 15.5. The maximum absolute atomic E-state index is 13.1. The molecule has 0 radical (unpaired) electrons. The molecule has 0 saturated heterocycles. The van der Waals surface area contributed by atoms with Crippen LogP contribution in [0.3, 0.4) is 0 Å². The Kier molecular flexibility index (Phi) is 5.84. The molecule has 1 N–H and O–H groups in total. The number of fused-ring (bicyclic) bond motifs is 1. The number of aliphatic imine (C=N–C) groups is 1. The molecule has 2 heterocycles. The molecule has 0 unspecified atom stereocenters. The molecule has 156 valence electrons. The highest BCUT2D eigenvalue weighted by molar-refractivity contribution is 6.00. The van der Waals surface area contributed by atoms with Gasteiger partial charge in [0.15, 0.2) is 0 Å². The number of carbonyl (C=O) groups is 1. The molecule has 0 atom stereocenters. The average molecular weight is 405 g/mol. The molecule has 30 heavy (non-hydrogen) atoms. The van der Waals surface area contributed by atoms with Gasteiger partial charge in [-0.2, -0.15) is 0 Å². The zero-order valence-electron chi connectivity index (χ0n) is 17.6. The Morgan fingerprint density at radius 1 is 1.23 bits per heavy atom. The summed E-state index contributed by atoms with van der Waals surface area (Å²) in [6.45, 7) is 4.58. The maximum Gasteiger partial charge on any atom is 0.254 e. The highest BCUT2D eigenvalue weighted by Crippen LogP contribution is 2.30. The van der Waals surface area contributed by atoms with E-state index in [1.165, 1.54) is 25.3 Å². The van der Waals surface area contributed by atoms with Crippen LogP contribution >= 0.6 is 0 Å². The minimum atomic E-state index is -0.0197. The lowest BCUT2D eigenvalue weighted by Crippen LogP contribution is -2.41. The number of phenols is 1. The van der Waals surface area contributed by atoms with Gasteiger partial charge in [-0.05, 0) is 57.0 Å². The van der Waals surface area contributed by atoms with E-state index in [1.54, 1.807) is 18.3 Å². The highest BCUT2D eigenvalue weighted by Gasteiger charge is 2.25. The number of imidazole rings is 1. The maximum atomic E-state index is 13.1. The molecule has 1 saturated carbocycles. The molecule has 2 aromatic heterocycles. The Morgan fingerprint density at radius 3 is 2.77 bits per heavy atom. The van der Waals surface area contributed by atoms with E-state index in [0.717, 1.165) is 29.9 Å². The molecule has 1 aromatic carbocycles. The van der Waals surface area contributed by atoms with Gasteiger partial charge in [0, 0.05) is 24.3 Å². The second-order valence-electron chi connectivity index (χ2n) is 7.86. The lowest BCUT2D eigenvalue weighted by atomic mass is 9.93. The van der Waals surface area contributed by atoms with Gasteiger partial charge in [-0.25, -0.2) is 9.98 Å². The molecule has 1 aliphatic carbocycles. The van der Waals surface area contributed by atoms with Gasteiger partial charge in [0.1, 0.15) is 17.1 Å². The van der Waals surface area contributed by atoms with E-state index in [2.05, 4.69) is 9.98 Å². The number of amides is 1. The Balaban J connectivity index is 1.58. The van der Waals surface area contributed by atoms with Crippen molar-refractivity contribution in [1.82, 2.24) is 14.3 Å². The molecule has 6 heteroatoms. The predicted molar refractivity (Wildman–Crippen MR) is 119 cm³/mol. The van der Waals surface area contributed by atoms with Gasteiger partial charge in [0.25, 0.3) is 5.91 Å². The fraction of sp³-hybridized carbons (Fsp3) is 0.375. The van der Waals surface area contributed by atoms with Crippen molar-refractivity contribution >= 4 is 23.0 Å². The summed E-state index contributed by atoms with van der Waals surface area (Å²) in [5, 5.41) is 10.6. The zero-order valence-corrected chi connectivity index (χ0v) is 17.6. The lowest BCUT2D eigenvalue weighted by Gasteiger charge is -2.33. The summed E-state index contributed by atoms with van der Waals surface area (Å²) >= 11 is 0. The minimum absolute atomic E-state index is 0.00807. The summed E-state index contributed by atoms with van der Waals surface area (Å²) in [5.41, 5.74) is 3.39. The van der Waals surface area contributed by atoms with E-state index < -0.39 is 0 Å². The standard InChI is InChI=1S/C24H28N4O2/c1-3-27(19-9-5-4-6-10-19)24(30)18-12-13-20(22(29)15-18)26-17(2)21-16-25-23-11-7-8-14-28(21)23/h7-8,11-16,19,29H,3-6,9-10H2,1-2H3/b26-17+. The van der Waals surface area contributed by atoms with Crippen LogP contribution < -0.4 is 0 Å². The Bertz CT molecular complexity index is 1080. The van der Waals surface area contributed by atoms with E-state index in [0.29, 0.717) is 23.8 Å². The molecule has 0 bridgehead atoms. The first-order valence-corrected chi connectivity index (χ1v) is 10.7. The zero-order chi connectivity index (χ0) is 21.1. The van der Waals surface area contributed by atoms with Crippen molar-refractivity contribution in [2.24, 2.45) is 4.99 Å². The van der Waals surface area contributed by atoms with E-state index in [1.807, 2.05) is 47.5 Å². The fourth-order valence-corrected chi connectivity index (χ4v) is 4.32. The molecule has 1 aliphatic rings.